The highest BCUT2D eigenvalue weighted by Gasteiger charge is 2.19. The van der Waals surface area contributed by atoms with Gasteiger partial charge in [-0.3, -0.25) is 0 Å². The Kier molecular flexibility index (Phi) is 7.82. The molecule has 0 unspecified atom stereocenters. The highest BCUT2D eigenvalue weighted by molar-refractivity contribution is 6.18. The van der Waals surface area contributed by atoms with E-state index in [4.69, 9.17) is 33.8 Å². The van der Waals surface area contributed by atoms with Crippen molar-refractivity contribution in [1.29, 1.82) is 0 Å². The van der Waals surface area contributed by atoms with Crippen molar-refractivity contribution in [3.63, 3.8) is 0 Å². The molecule has 1 atom stereocenters. The number of carbonyl (C=O) groups excluding carboxylic acids is 1. The summed E-state index contributed by atoms with van der Waals surface area (Å²) in [5.41, 5.74) is 6.82. The number of rotatable bonds is 8. The number of alkyl halides is 2. The maximum Gasteiger partial charge on any atom is 0.342 e. The Hall–Kier alpha value is -0.810. The normalized spacial score (nSPS) is 12.4. The summed E-state index contributed by atoms with van der Waals surface area (Å²) in [6.45, 7) is 0.857. The van der Waals surface area contributed by atoms with Gasteiger partial charge in [0.15, 0.2) is 0 Å². The number of hydrogen-bond donors (Lipinski definition) is 1. The van der Waals surface area contributed by atoms with Crippen LogP contribution in [0.2, 0.25) is 0 Å². The molecule has 6 heteroatoms. The fraction of sp³-hybridized carbons (Fsp3) is 0.462. The molecule has 1 aromatic rings. The number of hydroxylamine groups is 2. The molecular weight excluding hydrogens is 287 g/mol. The van der Waals surface area contributed by atoms with Gasteiger partial charge >= 0.3 is 5.97 Å². The predicted molar refractivity (Wildman–Crippen MR) is 77.2 cm³/mol. The Morgan fingerprint density at radius 2 is 1.79 bits per heavy atom. The van der Waals surface area contributed by atoms with Crippen LogP contribution < -0.4 is 5.73 Å². The quantitative estimate of drug-likeness (QED) is 0.588. The molecule has 0 fully saturated rings. The minimum Gasteiger partial charge on any atom is -0.366 e. The molecule has 0 saturated carbocycles. The van der Waals surface area contributed by atoms with Crippen molar-refractivity contribution in [3.05, 3.63) is 35.9 Å². The molecule has 0 heterocycles. The van der Waals surface area contributed by atoms with E-state index in [-0.39, 0.29) is 0 Å². The van der Waals surface area contributed by atoms with Crippen LogP contribution >= 0.6 is 23.2 Å². The standard InChI is InChI=1S/C13H18Cl2N2O2/c14-6-8-17(9-7-15)19-13(18)12(16)10-11-4-2-1-3-5-11/h1-5,12H,6-10,16H2/t12-/m0/s1. The monoisotopic (exact) mass is 304 g/mol. The van der Waals surface area contributed by atoms with Gasteiger partial charge in [0.05, 0.1) is 0 Å². The maximum absolute atomic E-state index is 11.8. The van der Waals surface area contributed by atoms with Crippen molar-refractivity contribution in [1.82, 2.24) is 5.06 Å². The van der Waals surface area contributed by atoms with Crippen molar-refractivity contribution in [2.24, 2.45) is 5.73 Å². The summed E-state index contributed by atoms with van der Waals surface area (Å²) in [6.07, 6.45) is 0.440. The number of carbonyl (C=O) groups is 1. The van der Waals surface area contributed by atoms with E-state index in [1.807, 2.05) is 30.3 Å². The van der Waals surface area contributed by atoms with E-state index in [2.05, 4.69) is 0 Å². The van der Waals surface area contributed by atoms with E-state index in [1.165, 1.54) is 5.06 Å². The van der Waals surface area contributed by atoms with Gasteiger partial charge in [0.1, 0.15) is 6.04 Å². The van der Waals surface area contributed by atoms with E-state index in [0.717, 1.165) is 5.56 Å². The first kappa shape index (κ1) is 16.2. The molecule has 0 aliphatic heterocycles. The summed E-state index contributed by atoms with van der Waals surface area (Å²) in [5.74, 6) is 0.245. The molecule has 0 amide bonds. The second-order valence-electron chi connectivity index (χ2n) is 4.01. The van der Waals surface area contributed by atoms with E-state index in [1.54, 1.807) is 0 Å². The smallest absolute Gasteiger partial charge is 0.342 e. The molecule has 19 heavy (non-hydrogen) atoms. The summed E-state index contributed by atoms with van der Waals surface area (Å²) in [4.78, 5) is 17.0. The first-order valence-electron chi connectivity index (χ1n) is 6.05. The van der Waals surface area contributed by atoms with Crippen molar-refractivity contribution in [3.8, 4) is 0 Å². The van der Waals surface area contributed by atoms with Crippen LogP contribution in [0.25, 0.3) is 0 Å². The lowest BCUT2D eigenvalue weighted by molar-refractivity contribution is -0.189. The second kappa shape index (κ2) is 9.15. The van der Waals surface area contributed by atoms with Gasteiger partial charge in [-0.1, -0.05) is 30.3 Å². The lowest BCUT2D eigenvalue weighted by atomic mass is 10.1. The zero-order valence-electron chi connectivity index (χ0n) is 10.6. The molecule has 0 radical (unpaired) electrons. The Morgan fingerprint density at radius 1 is 1.21 bits per heavy atom. The molecule has 0 spiro atoms. The maximum atomic E-state index is 11.8. The van der Waals surface area contributed by atoms with Crippen LogP contribution in [0.3, 0.4) is 0 Å². The molecule has 1 aromatic carbocycles. The van der Waals surface area contributed by atoms with Gasteiger partial charge in [-0.25, -0.2) is 4.79 Å². The topological polar surface area (TPSA) is 55.6 Å². The van der Waals surface area contributed by atoms with Crippen LogP contribution in [-0.2, 0) is 16.1 Å². The highest BCUT2D eigenvalue weighted by atomic mass is 35.5. The molecule has 2 N–H and O–H groups in total. The number of nitrogens with zero attached hydrogens (tertiary/aromatic N) is 1. The second-order valence-corrected chi connectivity index (χ2v) is 4.77. The van der Waals surface area contributed by atoms with Gasteiger partial charge in [-0.15, -0.1) is 28.3 Å². The van der Waals surface area contributed by atoms with Gasteiger partial charge in [0, 0.05) is 24.8 Å². The van der Waals surface area contributed by atoms with Gasteiger partial charge < -0.3 is 10.6 Å². The molecule has 0 saturated heterocycles. The van der Waals surface area contributed by atoms with E-state index < -0.39 is 12.0 Å². The number of benzene rings is 1. The number of nitrogens with two attached hydrogens (primary N) is 1. The third-order valence-corrected chi connectivity index (χ3v) is 2.83. The minimum atomic E-state index is -0.699. The lowest BCUT2D eigenvalue weighted by Gasteiger charge is -2.21. The zero-order valence-corrected chi connectivity index (χ0v) is 12.1. The van der Waals surface area contributed by atoms with E-state index in [0.29, 0.717) is 31.3 Å². The summed E-state index contributed by atoms with van der Waals surface area (Å²) in [5, 5.41) is 1.44. The fourth-order valence-corrected chi connectivity index (χ4v) is 1.91. The molecule has 1 rings (SSSR count). The first-order chi connectivity index (χ1) is 9.17. The summed E-state index contributed by atoms with van der Waals surface area (Å²) in [7, 11) is 0. The fourth-order valence-electron chi connectivity index (χ4n) is 1.54. The summed E-state index contributed by atoms with van der Waals surface area (Å²) < 4.78 is 0. The highest BCUT2D eigenvalue weighted by Crippen LogP contribution is 2.04. The Labute approximate surface area is 123 Å². The lowest BCUT2D eigenvalue weighted by Crippen LogP contribution is -2.40. The van der Waals surface area contributed by atoms with Crippen LogP contribution in [0.1, 0.15) is 5.56 Å². The van der Waals surface area contributed by atoms with Gasteiger partial charge in [-0.2, -0.15) is 0 Å². The average molecular weight is 305 g/mol. The Morgan fingerprint density at radius 3 is 2.32 bits per heavy atom. The van der Waals surface area contributed by atoms with Crippen LogP contribution in [0.4, 0.5) is 0 Å². The molecule has 0 aliphatic rings. The zero-order chi connectivity index (χ0) is 14.1. The number of halogens is 2. The molecule has 0 aromatic heterocycles. The van der Waals surface area contributed by atoms with Crippen LogP contribution in [0, 0.1) is 0 Å². The van der Waals surface area contributed by atoms with Crippen LogP contribution in [-0.4, -0.2) is 41.9 Å². The third kappa shape index (κ3) is 6.25. The minimum absolute atomic E-state index is 0.359. The molecule has 0 aliphatic carbocycles. The van der Waals surface area contributed by atoms with Crippen molar-refractivity contribution >= 4 is 29.2 Å². The average Bonchev–Trinajstić information content (AvgIpc) is 2.40. The molecule has 0 bridgehead atoms. The van der Waals surface area contributed by atoms with Gasteiger partial charge in [-0.05, 0) is 12.0 Å². The Balaban J connectivity index is 2.47. The molecule has 4 nitrogen and oxygen atoms in total. The van der Waals surface area contributed by atoms with Crippen LogP contribution in [0.15, 0.2) is 30.3 Å². The van der Waals surface area contributed by atoms with E-state index in [9.17, 15) is 4.79 Å². The molecular formula is C13H18Cl2N2O2. The van der Waals surface area contributed by atoms with Crippen molar-refractivity contribution in [2.45, 2.75) is 12.5 Å². The number of hydrogen-bond acceptors (Lipinski definition) is 4. The third-order valence-electron chi connectivity index (χ3n) is 2.49. The van der Waals surface area contributed by atoms with Crippen molar-refractivity contribution < 1.29 is 9.63 Å². The molecule has 106 valence electrons. The Bertz CT molecular complexity index is 370. The van der Waals surface area contributed by atoms with Gasteiger partial charge in [0.2, 0.25) is 0 Å². The first-order valence-corrected chi connectivity index (χ1v) is 7.12. The van der Waals surface area contributed by atoms with Gasteiger partial charge in [0.25, 0.3) is 0 Å². The summed E-state index contributed by atoms with van der Waals surface area (Å²) in [6, 6.07) is 8.86. The largest absolute Gasteiger partial charge is 0.366 e. The summed E-state index contributed by atoms with van der Waals surface area (Å²) >= 11 is 11.2. The van der Waals surface area contributed by atoms with Crippen molar-refractivity contribution in [2.75, 3.05) is 24.8 Å². The van der Waals surface area contributed by atoms with E-state index >= 15 is 0 Å². The predicted octanol–water partition coefficient (Wildman–Crippen LogP) is 1.79. The SMILES string of the molecule is N[C@@H](Cc1ccccc1)C(=O)ON(CCCl)CCCl. The van der Waals surface area contributed by atoms with Crippen LogP contribution in [0.5, 0.6) is 0 Å².